The molecule has 8 nitrogen and oxygen atoms in total. The summed E-state index contributed by atoms with van der Waals surface area (Å²) in [7, 11) is 0. The maximum atomic E-state index is 13.3. The van der Waals surface area contributed by atoms with Gasteiger partial charge in [-0.2, -0.15) is 5.01 Å². The highest BCUT2D eigenvalue weighted by Crippen LogP contribution is 2.28. The van der Waals surface area contributed by atoms with E-state index >= 15 is 0 Å². The summed E-state index contributed by atoms with van der Waals surface area (Å²) in [6.45, 7) is 0.220. The van der Waals surface area contributed by atoms with Gasteiger partial charge in [0.1, 0.15) is 6.04 Å². The van der Waals surface area contributed by atoms with Crippen molar-refractivity contribution in [2.75, 3.05) is 6.54 Å². The Morgan fingerprint density at radius 2 is 1.55 bits per heavy atom. The van der Waals surface area contributed by atoms with Crippen LogP contribution >= 0.6 is 0 Å². The average Bonchev–Trinajstić information content (AvgIpc) is 3.31. The predicted octanol–water partition coefficient (Wildman–Crippen LogP) is 2.37. The molecule has 1 unspecified atom stereocenters. The first-order valence-corrected chi connectivity index (χ1v) is 9.31. The third-order valence-corrected chi connectivity index (χ3v) is 5.19. The molecular weight excluding hydrogens is 374 g/mol. The van der Waals surface area contributed by atoms with Crippen LogP contribution in [0.2, 0.25) is 0 Å². The average molecular weight is 393 g/mol. The van der Waals surface area contributed by atoms with E-state index in [0.717, 1.165) is 10.0 Å². The number of rotatable bonds is 4. The third-order valence-electron chi connectivity index (χ3n) is 5.19. The van der Waals surface area contributed by atoms with Crippen molar-refractivity contribution in [3.63, 3.8) is 0 Å². The Morgan fingerprint density at radius 1 is 0.966 bits per heavy atom. The number of aliphatic carboxylic acids is 1. The van der Waals surface area contributed by atoms with Crippen molar-refractivity contribution in [1.29, 1.82) is 0 Å². The van der Waals surface area contributed by atoms with Crippen LogP contribution in [0.4, 0.5) is 4.79 Å². The minimum Gasteiger partial charge on any atom is -0.480 e. The van der Waals surface area contributed by atoms with E-state index in [1.165, 1.54) is 17.0 Å². The largest absolute Gasteiger partial charge is 0.480 e. The molecule has 2 aliphatic heterocycles. The highest BCUT2D eigenvalue weighted by molar-refractivity contribution is 6.21. The van der Waals surface area contributed by atoms with Crippen LogP contribution in [0.1, 0.15) is 39.1 Å². The van der Waals surface area contributed by atoms with E-state index in [0.29, 0.717) is 18.4 Å². The predicted molar refractivity (Wildman–Crippen MR) is 102 cm³/mol. The van der Waals surface area contributed by atoms with Gasteiger partial charge in [0.05, 0.1) is 17.7 Å². The fraction of sp³-hybridized carbons (Fsp3) is 0.238. The smallest absolute Gasteiger partial charge is 0.340 e. The topological polar surface area (TPSA) is 98.2 Å². The van der Waals surface area contributed by atoms with Crippen molar-refractivity contribution >= 4 is 23.8 Å². The summed E-state index contributed by atoms with van der Waals surface area (Å²) < 4.78 is 0. The summed E-state index contributed by atoms with van der Waals surface area (Å²) in [4.78, 5) is 52.0. The van der Waals surface area contributed by atoms with Gasteiger partial charge in [-0.1, -0.05) is 42.5 Å². The maximum Gasteiger partial charge on any atom is 0.340 e. The molecule has 2 aromatic rings. The first-order valence-electron chi connectivity index (χ1n) is 9.31. The maximum absolute atomic E-state index is 13.3. The molecule has 0 saturated carbocycles. The van der Waals surface area contributed by atoms with E-state index in [-0.39, 0.29) is 24.2 Å². The number of hydrazine groups is 1. The number of hydrogen-bond donors (Lipinski definition) is 1. The molecule has 2 aliphatic rings. The molecule has 1 saturated heterocycles. The Morgan fingerprint density at radius 3 is 2.14 bits per heavy atom. The van der Waals surface area contributed by atoms with Gasteiger partial charge in [0.15, 0.2) is 0 Å². The summed E-state index contributed by atoms with van der Waals surface area (Å²) in [6.07, 6.45) is 0.881. The molecule has 4 amide bonds. The second kappa shape index (κ2) is 7.38. The number of urea groups is 1. The number of benzene rings is 2. The lowest BCUT2D eigenvalue weighted by molar-refractivity contribution is -0.141. The molecule has 0 radical (unpaired) electrons. The highest BCUT2D eigenvalue weighted by Gasteiger charge is 2.45. The lowest BCUT2D eigenvalue weighted by Gasteiger charge is -2.34. The molecule has 2 aromatic carbocycles. The lowest BCUT2D eigenvalue weighted by Crippen LogP contribution is -2.55. The van der Waals surface area contributed by atoms with Crippen molar-refractivity contribution in [3.05, 3.63) is 71.3 Å². The Bertz CT molecular complexity index is 956. The number of carbonyl (C=O) groups excluding carboxylic acids is 3. The quantitative estimate of drug-likeness (QED) is 0.804. The van der Waals surface area contributed by atoms with Crippen molar-refractivity contribution in [2.24, 2.45) is 0 Å². The summed E-state index contributed by atoms with van der Waals surface area (Å²) in [5.74, 6) is -2.29. The molecule has 0 bridgehead atoms. The zero-order valence-corrected chi connectivity index (χ0v) is 15.5. The molecule has 1 fully saturated rings. The van der Waals surface area contributed by atoms with Crippen LogP contribution in [0.15, 0.2) is 54.6 Å². The number of hydrogen-bond acceptors (Lipinski definition) is 4. The Kier molecular flexibility index (Phi) is 4.75. The molecule has 1 atom stereocenters. The van der Waals surface area contributed by atoms with Crippen LogP contribution in [0, 0.1) is 0 Å². The second-order valence-electron chi connectivity index (χ2n) is 6.98. The van der Waals surface area contributed by atoms with Crippen molar-refractivity contribution < 1.29 is 24.3 Å². The van der Waals surface area contributed by atoms with Crippen molar-refractivity contribution in [3.8, 4) is 0 Å². The van der Waals surface area contributed by atoms with E-state index in [4.69, 9.17) is 0 Å². The van der Waals surface area contributed by atoms with Crippen molar-refractivity contribution in [2.45, 2.75) is 25.4 Å². The molecule has 4 rings (SSSR count). The van der Waals surface area contributed by atoms with E-state index in [1.807, 2.05) is 6.07 Å². The number of amides is 4. The molecule has 0 aromatic heterocycles. The van der Waals surface area contributed by atoms with E-state index in [9.17, 15) is 24.3 Å². The summed E-state index contributed by atoms with van der Waals surface area (Å²) in [5.41, 5.74) is 1.16. The van der Waals surface area contributed by atoms with Crippen LogP contribution in [0.5, 0.6) is 0 Å². The van der Waals surface area contributed by atoms with Gasteiger partial charge in [-0.05, 0) is 30.5 Å². The molecule has 148 valence electrons. The van der Waals surface area contributed by atoms with Gasteiger partial charge >= 0.3 is 12.0 Å². The Labute approximate surface area is 166 Å². The summed E-state index contributed by atoms with van der Waals surface area (Å²) >= 11 is 0. The molecule has 0 aliphatic carbocycles. The summed E-state index contributed by atoms with van der Waals surface area (Å²) in [5, 5.41) is 11.3. The van der Waals surface area contributed by atoms with Gasteiger partial charge in [0.2, 0.25) is 0 Å². The number of nitrogens with zero attached hydrogens (tertiary/aromatic N) is 3. The molecule has 29 heavy (non-hydrogen) atoms. The molecule has 1 N–H and O–H groups in total. The highest BCUT2D eigenvalue weighted by atomic mass is 16.4. The van der Waals surface area contributed by atoms with E-state index < -0.39 is 29.9 Å². The van der Waals surface area contributed by atoms with E-state index in [2.05, 4.69) is 0 Å². The van der Waals surface area contributed by atoms with Gasteiger partial charge in [0, 0.05) is 6.54 Å². The molecule has 8 heteroatoms. The minimum absolute atomic E-state index is 0.0337. The number of carboxylic acid groups (broad SMARTS) is 1. The fourth-order valence-electron chi connectivity index (χ4n) is 3.78. The van der Waals surface area contributed by atoms with Gasteiger partial charge < -0.3 is 10.0 Å². The minimum atomic E-state index is -1.10. The zero-order chi connectivity index (χ0) is 20.5. The number of imide groups is 1. The molecule has 0 spiro atoms. The van der Waals surface area contributed by atoms with Gasteiger partial charge in [0.25, 0.3) is 11.8 Å². The first-order chi connectivity index (χ1) is 14.0. The van der Waals surface area contributed by atoms with Crippen molar-refractivity contribution in [1.82, 2.24) is 14.9 Å². The number of carbonyl (C=O) groups is 4. The standard InChI is InChI=1S/C21H19N3O5/c25-18-15-9-4-5-10-16(15)19(26)24(18)23(13-14-7-2-1-3-8-14)21(29)22-12-6-11-17(22)20(27)28/h1-5,7-10,17H,6,11-13H2,(H,27,28). The van der Waals surface area contributed by atoms with Crippen LogP contribution in [-0.4, -0.2) is 56.4 Å². The normalized spacial score (nSPS) is 18.1. The second-order valence-corrected chi connectivity index (χ2v) is 6.98. The monoisotopic (exact) mass is 393 g/mol. The summed E-state index contributed by atoms with van der Waals surface area (Å²) in [6, 6.07) is 13.7. The number of likely N-dealkylation sites (tertiary alicyclic amines) is 1. The van der Waals surface area contributed by atoms with Crippen LogP contribution in [0.3, 0.4) is 0 Å². The van der Waals surface area contributed by atoms with Crippen LogP contribution in [-0.2, 0) is 11.3 Å². The third kappa shape index (κ3) is 3.22. The molecule has 2 heterocycles. The van der Waals surface area contributed by atoms with Gasteiger partial charge in [-0.3, -0.25) is 9.59 Å². The lowest BCUT2D eigenvalue weighted by atomic mass is 10.1. The van der Waals surface area contributed by atoms with E-state index in [1.54, 1.807) is 36.4 Å². The van der Waals surface area contributed by atoms with Gasteiger partial charge in [-0.25, -0.2) is 14.6 Å². The Balaban J connectivity index is 1.72. The van der Waals surface area contributed by atoms with Crippen LogP contribution < -0.4 is 0 Å². The zero-order valence-electron chi connectivity index (χ0n) is 15.5. The first kappa shape index (κ1) is 18.7. The van der Waals surface area contributed by atoms with Gasteiger partial charge in [-0.15, -0.1) is 0 Å². The number of fused-ring (bicyclic) bond motifs is 1. The molecular formula is C21H19N3O5. The van der Waals surface area contributed by atoms with Crippen LogP contribution in [0.25, 0.3) is 0 Å². The SMILES string of the molecule is O=C(O)C1CCCN1C(=O)N(Cc1ccccc1)N1C(=O)c2ccccc2C1=O. The fourth-order valence-corrected chi connectivity index (χ4v) is 3.78. The Hall–Kier alpha value is -3.68. The number of carboxylic acids is 1.